The molecule has 0 bridgehead atoms. The average molecular weight is 263 g/mol. The molecule has 0 radical (unpaired) electrons. The normalized spacial score (nSPS) is 10.5. The maximum Gasteiger partial charge on any atom is 0.339 e. The first-order chi connectivity index (χ1) is 8.90. The predicted molar refractivity (Wildman–Crippen MR) is 66.1 cm³/mol. The third-order valence-corrected chi connectivity index (χ3v) is 2.63. The fraction of sp³-hybridized carbons (Fsp3) is 0.273. The van der Waals surface area contributed by atoms with Crippen LogP contribution < -0.4 is 5.32 Å². The van der Waals surface area contributed by atoms with Crippen molar-refractivity contribution >= 4 is 17.7 Å². The number of amides is 1. The van der Waals surface area contributed by atoms with E-state index >= 15 is 0 Å². The Labute approximate surface area is 108 Å². The smallest absolute Gasteiger partial charge is 0.339 e. The van der Waals surface area contributed by atoms with Gasteiger partial charge in [0.1, 0.15) is 17.1 Å². The summed E-state index contributed by atoms with van der Waals surface area (Å²) in [4.78, 5) is 23.1. The number of anilines is 1. The Balaban J connectivity index is 2.33. The van der Waals surface area contributed by atoms with Gasteiger partial charge < -0.3 is 10.4 Å². The Morgan fingerprint density at radius 2 is 2.00 bits per heavy atom. The molecular formula is C11H13N5O3. The summed E-state index contributed by atoms with van der Waals surface area (Å²) >= 11 is 0. The van der Waals surface area contributed by atoms with Crippen LogP contribution in [0.1, 0.15) is 26.5 Å². The molecule has 8 heteroatoms. The fourth-order valence-electron chi connectivity index (χ4n) is 1.77. The Morgan fingerprint density at radius 3 is 2.53 bits per heavy atom. The molecule has 0 aromatic carbocycles. The van der Waals surface area contributed by atoms with Crippen LogP contribution in [0.5, 0.6) is 0 Å². The number of hydrogen-bond donors (Lipinski definition) is 2. The molecule has 0 aliphatic heterocycles. The van der Waals surface area contributed by atoms with Crippen LogP contribution in [-0.4, -0.2) is 36.5 Å². The lowest BCUT2D eigenvalue weighted by Gasteiger charge is -2.06. The number of nitrogens with zero attached hydrogens (tertiary/aromatic N) is 4. The lowest BCUT2D eigenvalue weighted by atomic mass is 10.2. The van der Waals surface area contributed by atoms with Crippen LogP contribution >= 0.6 is 0 Å². The largest absolute Gasteiger partial charge is 0.478 e. The highest BCUT2D eigenvalue weighted by Gasteiger charge is 2.22. The molecule has 100 valence electrons. The zero-order valence-electron chi connectivity index (χ0n) is 10.7. The highest BCUT2D eigenvalue weighted by atomic mass is 16.4. The number of carbonyl (C=O) groups excluding carboxylic acids is 1. The third kappa shape index (κ3) is 2.32. The van der Waals surface area contributed by atoms with Gasteiger partial charge in [0.2, 0.25) is 0 Å². The van der Waals surface area contributed by atoms with Gasteiger partial charge in [0.15, 0.2) is 0 Å². The highest BCUT2D eigenvalue weighted by Crippen LogP contribution is 2.13. The molecule has 1 amide bonds. The van der Waals surface area contributed by atoms with Gasteiger partial charge in [-0.3, -0.25) is 14.2 Å². The number of nitrogens with one attached hydrogen (secondary N) is 1. The molecule has 0 fully saturated rings. The van der Waals surface area contributed by atoms with Gasteiger partial charge in [-0.15, -0.1) is 0 Å². The van der Waals surface area contributed by atoms with Crippen LogP contribution in [0.2, 0.25) is 0 Å². The van der Waals surface area contributed by atoms with Crippen molar-refractivity contribution in [3.05, 3.63) is 29.2 Å². The second-order valence-electron chi connectivity index (χ2n) is 4.08. The average Bonchev–Trinajstić information content (AvgIpc) is 2.82. The van der Waals surface area contributed by atoms with Crippen molar-refractivity contribution < 1.29 is 14.7 Å². The highest BCUT2D eigenvalue weighted by molar-refractivity contribution is 6.09. The van der Waals surface area contributed by atoms with E-state index in [1.54, 1.807) is 20.0 Å². The number of carboxylic acids is 1. The lowest BCUT2D eigenvalue weighted by Crippen LogP contribution is -2.20. The molecule has 0 saturated heterocycles. The molecule has 2 rings (SSSR count). The van der Waals surface area contributed by atoms with E-state index in [-0.39, 0.29) is 11.3 Å². The van der Waals surface area contributed by atoms with Crippen molar-refractivity contribution in [2.75, 3.05) is 5.32 Å². The summed E-state index contributed by atoms with van der Waals surface area (Å²) in [5.41, 5.74) is 0.603. The summed E-state index contributed by atoms with van der Waals surface area (Å²) in [6.07, 6.45) is 1.14. The van der Waals surface area contributed by atoms with Gasteiger partial charge in [-0.1, -0.05) is 0 Å². The SMILES string of the molecule is Cc1cc(NC(=O)c2c(C(=O)O)cnn2C)n(C)n1. The van der Waals surface area contributed by atoms with E-state index < -0.39 is 11.9 Å². The molecule has 19 heavy (non-hydrogen) atoms. The van der Waals surface area contributed by atoms with Crippen LogP contribution in [0, 0.1) is 6.92 Å². The standard InChI is InChI=1S/C11H13N5O3/c1-6-4-8(15(2)14-6)13-10(17)9-7(11(18)19)5-12-16(9)3/h4-5H,1-3H3,(H,13,17)(H,18,19). The van der Waals surface area contributed by atoms with Crippen molar-refractivity contribution in [1.82, 2.24) is 19.6 Å². The molecule has 2 aromatic rings. The summed E-state index contributed by atoms with van der Waals surface area (Å²) in [7, 11) is 3.19. The molecule has 0 aliphatic rings. The minimum absolute atomic E-state index is 0.00801. The van der Waals surface area contributed by atoms with E-state index in [2.05, 4.69) is 15.5 Å². The zero-order chi connectivity index (χ0) is 14.2. The molecule has 0 atom stereocenters. The number of aryl methyl sites for hydroxylation is 3. The van der Waals surface area contributed by atoms with Gasteiger partial charge in [0.05, 0.1) is 11.9 Å². The first-order valence-electron chi connectivity index (χ1n) is 5.47. The number of aromatic carboxylic acids is 1. The van der Waals surface area contributed by atoms with Crippen molar-refractivity contribution in [1.29, 1.82) is 0 Å². The molecule has 2 N–H and O–H groups in total. The van der Waals surface area contributed by atoms with Gasteiger partial charge in [-0.25, -0.2) is 4.79 Å². The van der Waals surface area contributed by atoms with Gasteiger partial charge in [-0.05, 0) is 6.92 Å². The second kappa shape index (κ2) is 4.56. The summed E-state index contributed by atoms with van der Waals surface area (Å²) in [5.74, 6) is -1.25. The second-order valence-corrected chi connectivity index (χ2v) is 4.08. The third-order valence-electron chi connectivity index (χ3n) is 2.63. The zero-order valence-corrected chi connectivity index (χ0v) is 10.7. The molecule has 0 saturated carbocycles. The predicted octanol–water partition coefficient (Wildman–Crippen LogP) is 0.413. The molecule has 2 heterocycles. The van der Waals surface area contributed by atoms with Crippen LogP contribution in [0.3, 0.4) is 0 Å². The minimum atomic E-state index is -1.19. The number of hydrogen-bond acceptors (Lipinski definition) is 4. The lowest BCUT2D eigenvalue weighted by molar-refractivity contribution is 0.0692. The number of carbonyl (C=O) groups is 2. The molecule has 0 spiro atoms. The van der Waals surface area contributed by atoms with E-state index in [9.17, 15) is 9.59 Å². The summed E-state index contributed by atoms with van der Waals surface area (Å²) < 4.78 is 2.73. The van der Waals surface area contributed by atoms with Crippen molar-refractivity contribution in [2.45, 2.75) is 6.92 Å². The molecule has 2 aromatic heterocycles. The van der Waals surface area contributed by atoms with Crippen molar-refractivity contribution in [3.63, 3.8) is 0 Å². The van der Waals surface area contributed by atoms with Crippen LogP contribution in [0.25, 0.3) is 0 Å². The Kier molecular flexibility index (Phi) is 3.07. The first-order valence-corrected chi connectivity index (χ1v) is 5.47. The maximum atomic E-state index is 12.1. The molecule has 0 aliphatic carbocycles. The van der Waals surface area contributed by atoms with E-state index in [4.69, 9.17) is 5.11 Å². The van der Waals surface area contributed by atoms with Crippen molar-refractivity contribution in [2.24, 2.45) is 14.1 Å². The number of rotatable bonds is 3. The summed E-state index contributed by atoms with van der Waals surface area (Å²) in [6.45, 7) is 1.79. The van der Waals surface area contributed by atoms with Gasteiger partial charge in [0, 0.05) is 20.2 Å². The van der Waals surface area contributed by atoms with Crippen LogP contribution in [0.15, 0.2) is 12.3 Å². The topological polar surface area (TPSA) is 102 Å². The molecule has 0 unspecified atom stereocenters. The van der Waals surface area contributed by atoms with Crippen LogP contribution in [-0.2, 0) is 14.1 Å². The Morgan fingerprint density at radius 1 is 1.32 bits per heavy atom. The van der Waals surface area contributed by atoms with Gasteiger partial charge in [0.25, 0.3) is 5.91 Å². The van der Waals surface area contributed by atoms with Gasteiger partial charge in [-0.2, -0.15) is 10.2 Å². The van der Waals surface area contributed by atoms with E-state index in [0.717, 1.165) is 11.9 Å². The van der Waals surface area contributed by atoms with E-state index in [1.165, 1.54) is 16.4 Å². The monoisotopic (exact) mass is 263 g/mol. The maximum absolute atomic E-state index is 12.1. The Hall–Kier alpha value is -2.64. The number of carboxylic acid groups (broad SMARTS) is 1. The van der Waals surface area contributed by atoms with E-state index in [1.807, 2.05) is 0 Å². The van der Waals surface area contributed by atoms with Crippen molar-refractivity contribution in [3.8, 4) is 0 Å². The Bertz CT molecular complexity index is 655. The first kappa shape index (κ1) is 12.8. The minimum Gasteiger partial charge on any atom is -0.478 e. The molecular weight excluding hydrogens is 250 g/mol. The quantitative estimate of drug-likeness (QED) is 0.835. The summed E-state index contributed by atoms with van der Waals surface area (Å²) in [5, 5.41) is 19.5. The number of aromatic nitrogens is 4. The van der Waals surface area contributed by atoms with E-state index in [0.29, 0.717) is 5.82 Å². The summed E-state index contributed by atoms with van der Waals surface area (Å²) in [6, 6.07) is 1.69. The van der Waals surface area contributed by atoms with Crippen LogP contribution in [0.4, 0.5) is 5.82 Å². The fourth-order valence-corrected chi connectivity index (χ4v) is 1.77. The molecule has 8 nitrogen and oxygen atoms in total. The van der Waals surface area contributed by atoms with Gasteiger partial charge >= 0.3 is 5.97 Å².